The summed E-state index contributed by atoms with van der Waals surface area (Å²) in [6, 6.07) is 10.6. The van der Waals surface area contributed by atoms with E-state index < -0.39 is 4.92 Å². The Kier molecular flexibility index (Phi) is 4.36. The molecule has 2 aromatic carbocycles. The normalized spacial score (nSPS) is 10.1. The lowest BCUT2D eigenvalue weighted by Crippen LogP contribution is -2.12. The zero-order valence-corrected chi connectivity index (χ0v) is 12.3. The van der Waals surface area contributed by atoms with Gasteiger partial charge in [0, 0.05) is 27.2 Å². The molecule has 5 nitrogen and oxygen atoms in total. The van der Waals surface area contributed by atoms with E-state index in [0.717, 1.165) is 0 Å². The molecule has 0 aliphatic heterocycles. The first-order valence-corrected chi connectivity index (χ1v) is 6.65. The minimum Gasteiger partial charge on any atom is -0.321 e. The van der Waals surface area contributed by atoms with Gasteiger partial charge < -0.3 is 5.32 Å². The van der Waals surface area contributed by atoms with Crippen molar-refractivity contribution in [1.82, 2.24) is 0 Å². The lowest BCUT2D eigenvalue weighted by Gasteiger charge is -2.07. The molecule has 0 fully saturated rings. The van der Waals surface area contributed by atoms with E-state index in [-0.39, 0.29) is 11.6 Å². The van der Waals surface area contributed by atoms with Crippen LogP contribution in [0.5, 0.6) is 0 Å². The molecule has 1 amide bonds. The fourth-order valence-corrected chi connectivity index (χ4v) is 2.20. The van der Waals surface area contributed by atoms with E-state index in [1.165, 1.54) is 24.3 Å². The highest BCUT2D eigenvalue weighted by atomic mass is 79.9. The quantitative estimate of drug-likeness (QED) is 0.660. The van der Waals surface area contributed by atoms with Gasteiger partial charge in [-0.25, -0.2) is 0 Å². The number of nitrogens with one attached hydrogen (secondary N) is 1. The van der Waals surface area contributed by atoms with Gasteiger partial charge in [-0.2, -0.15) is 0 Å². The van der Waals surface area contributed by atoms with Crippen LogP contribution in [-0.4, -0.2) is 10.8 Å². The molecule has 0 heterocycles. The third-order valence-corrected chi connectivity index (χ3v) is 3.39. The number of benzene rings is 2. The second-order valence-electron chi connectivity index (χ2n) is 3.89. The number of nitrogens with zero attached hydrogens (tertiary/aromatic N) is 1. The van der Waals surface area contributed by atoms with E-state index in [1.807, 2.05) is 0 Å². The Hall–Kier alpha value is -1.92. The third kappa shape index (κ3) is 3.34. The van der Waals surface area contributed by atoms with Gasteiger partial charge in [0.2, 0.25) is 0 Å². The minimum absolute atomic E-state index is 0.0578. The van der Waals surface area contributed by atoms with Crippen molar-refractivity contribution in [3.63, 3.8) is 0 Å². The van der Waals surface area contributed by atoms with Crippen molar-refractivity contribution in [3.05, 3.63) is 67.6 Å². The Morgan fingerprint density at radius 3 is 2.60 bits per heavy atom. The molecule has 2 rings (SSSR count). The number of non-ortho nitro benzene ring substituents is 1. The maximum Gasteiger partial charge on any atom is 0.270 e. The second kappa shape index (κ2) is 6.02. The second-order valence-corrected chi connectivity index (χ2v) is 5.18. The summed E-state index contributed by atoms with van der Waals surface area (Å²) in [7, 11) is 0. The van der Waals surface area contributed by atoms with Gasteiger partial charge in [-0.1, -0.05) is 17.7 Å². The number of carbonyl (C=O) groups excluding carboxylic acids is 1. The molecule has 0 spiro atoms. The van der Waals surface area contributed by atoms with Gasteiger partial charge in [-0.3, -0.25) is 14.9 Å². The number of hydrogen-bond donors (Lipinski definition) is 1. The molecule has 0 aliphatic rings. The monoisotopic (exact) mass is 354 g/mol. The SMILES string of the molecule is O=C(Nc1ccc([N+](=O)[O-])cc1Br)c1cccc(Cl)c1. The minimum atomic E-state index is -0.507. The maximum absolute atomic E-state index is 12.0. The Bertz CT molecular complexity index is 691. The fraction of sp³-hybridized carbons (Fsp3) is 0. The van der Waals surface area contributed by atoms with E-state index in [9.17, 15) is 14.9 Å². The molecule has 0 radical (unpaired) electrons. The summed E-state index contributed by atoms with van der Waals surface area (Å²) in [4.78, 5) is 22.1. The van der Waals surface area contributed by atoms with Crippen LogP contribution in [0.3, 0.4) is 0 Å². The van der Waals surface area contributed by atoms with Crippen molar-refractivity contribution in [2.75, 3.05) is 5.32 Å². The fourth-order valence-electron chi connectivity index (χ4n) is 1.54. The van der Waals surface area contributed by atoms with Gasteiger partial charge in [0.15, 0.2) is 0 Å². The zero-order valence-electron chi connectivity index (χ0n) is 9.97. The summed E-state index contributed by atoms with van der Waals surface area (Å²) in [5.74, 6) is -0.345. The highest BCUT2D eigenvalue weighted by Crippen LogP contribution is 2.27. The Balaban J connectivity index is 2.22. The average molecular weight is 356 g/mol. The first-order valence-electron chi connectivity index (χ1n) is 5.48. The van der Waals surface area contributed by atoms with Gasteiger partial charge >= 0.3 is 0 Å². The molecule has 7 heteroatoms. The standard InChI is InChI=1S/C13H8BrClN2O3/c14-11-7-10(17(19)20)4-5-12(11)16-13(18)8-2-1-3-9(15)6-8/h1-7H,(H,16,18). The predicted molar refractivity (Wildman–Crippen MR) is 80.2 cm³/mol. The van der Waals surface area contributed by atoms with Crippen molar-refractivity contribution in [1.29, 1.82) is 0 Å². The molecule has 0 unspecified atom stereocenters. The van der Waals surface area contributed by atoms with Crippen LogP contribution >= 0.6 is 27.5 Å². The molecule has 0 atom stereocenters. The Morgan fingerprint density at radius 1 is 1.25 bits per heavy atom. The maximum atomic E-state index is 12.0. The summed E-state index contributed by atoms with van der Waals surface area (Å²) < 4.78 is 0.432. The average Bonchev–Trinajstić information content (AvgIpc) is 2.40. The summed E-state index contributed by atoms with van der Waals surface area (Å²) in [6.07, 6.45) is 0. The van der Waals surface area contributed by atoms with Gasteiger partial charge in [-0.05, 0) is 40.2 Å². The first-order chi connectivity index (χ1) is 9.47. The molecule has 0 saturated heterocycles. The van der Waals surface area contributed by atoms with Gasteiger partial charge in [0.25, 0.3) is 11.6 Å². The molecule has 2 aromatic rings. The molecule has 0 aliphatic carbocycles. The van der Waals surface area contributed by atoms with E-state index in [1.54, 1.807) is 18.2 Å². The number of nitro benzene ring substituents is 1. The summed E-state index contributed by atoms with van der Waals surface area (Å²) >= 11 is 9.00. The van der Waals surface area contributed by atoms with Crippen molar-refractivity contribution < 1.29 is 9.72 Å². The van der Waals surface area contributed by atoms with Crippen LogP contribution in [0.1, 0.15) is 10.4 Å². The van der Waals surface area contributed by atoms with Crippen LogP contribution in [0.15, 0.2) is 46.9 Å². The van der Waals surface area contributed by atoms with Crippen LogP contribution in [0.25, 0.3) is 0 Å². The highest BCUT2D eigenvalue weighted by Gasteiger charge is 2.12. The lowest BCUT2D eigenvalue weighted by atomic mass is 10.2. The van der Waals surface area contributed by atoms with E-state index in [2.05, 4.69) is 21.2 Å². The molecular formula is C13H8BrClN2O3. The number of halogens is 2. The van der Waals surface area contributed by atoms with Crippen LogP contribution in [-0.2, 0) is 0 Å². The van der Waals surface area contributed by atoms with Gasteiger partial charge in [0.1, 0.15) is 0 Å². The number of amides is 1. The van der Waals surface area contributed by atoms with E-state index >= 15 is 0 Å². The number of rotatable bonds is 3. The lowest BCUT2D eigenvalue weighted by molar-refractivity contribution is -0.384. The van der Waals surface area contributed by atoms with Crippen LogP contribution in [0.4, 0.5) is 11.4 Å². The van der Waals surface area contributed by atoms with Crippen LogP contribution in [0.2, 0.25) is 5.02 Å². The highest BCUT2D eigenvalue weighted by molar-refractivity contribution is 9.10. The van der Waals surface area contributed by atoms with Crippen molar-refractivity contribution in [3.8, 4) is 0 Å². The third-order valence-electron chi connectivity index (χ3n) is 2.50. The molecule has 102 valence electrons. The molecule has 0 saturated carbocycles. The Labute approximate surface area is 127 Å². The number of nitro groups is 1. The summed E-state index contributed by atoms with van der Waals surface area (Å²) in [5, 5.41) is 13.7. The van der Waals surface area contributed by atoms with Crippen LogP contribution in [0, 0.1) is 10.1 Å². The smallest absolute Gasteiger partial charge is 0.270 e. The summed E-state index contributed by atoms with van der Waals surface area (Å²) in [5.41, 5.74) is 0.793. The number of anilines is 1. The molecular weight excluding hydrogens is 348 g/mol. The number of hydrogen-bond acceptors (Lipinski definition) is 3. The number of carbonyl (C=O) groups is 1. The topological polar surface area (TPSA) is 72.2 Å². The zero-order chi connectivity index (χ0) is 14.7. The molecule has 1 N–H and O–H groups in total. The predicted octanol–water partition coefficient (Wildman–Crippen LogP) is 4.26. The van der Waals surface area contributed by atoms with E-state index in [4.69, 9.17) is 11.6 Å². The summed E-state index contributed by atoms with van der Waals surface area (Å²) in [6.45, 7) is 0. The van der Waals surface area contributed by atoms with Crippen LogP contribution < -0.4 is 5.32 Å². The van der Waals surface area contributed by atoms with Gasteiger partial charge in [-0.15, -0.1) is 0 Å². The van der Waals surface area contributed by atoms with Crippen molar-refractivity contribution in [2.45, 2.75) is 0 Å². The first kappa shape index (κ1) is 14.5. The van der Waals surface area contributed by atoms with E-state index in [0.29, 0.717) is 20.7 Å². The Morgan fingerprint density at radius 2 is 2.00 bits per heavy atom. The van der Waals surface area contributed by atoms with Crippen molar-refractivity contribution in [2.24, 2.45) is 0 Å². The van der Waals surface area contributed by atoms with Crippen molar-refractivity contribution >= 4 is 44.8 Å². The molecule has 20 heavy (non-hydrogen) atoms. The largest absolute Gasteiger partial charge is 0.321 e. The molecule has 0 aromatic heterocycles. The molecule has 0 bridgehead atoms. The van der Waals surface area contributed by atoms with Gasteiger partial charge in [0.05, 0.1) is 10.6 Å².